The summed E-state index contributed by atoms with van der Waals surface area (Å²) in [4.78, 5) is 15.9. The van der Waals surface area contributed by atoms with E-state index >= 15 is 0 Å². The summed E-state index contributed by atoms with van der Waals surface area (Å²) in [6.45, 7) is 0.696. The Balaban J connectivity index is 1.83. The first-order valence-corrected chi connectivity index (χ1v) is 8.48. The van der Waals surface area contributed by atoms with Gasteiger partial charge < -0.3 is 4.90 Å². The number of amides is 1. The molecule has 0 radical (unpaired) electrons. The van der Waals surface area contributed by atoms with Gasteiger partial charge in [0.15, 0.2) is 0 Å². The third-order valence-corrected chi connectivity index (χ3v) is 5.40. The summed E-state index contributed by atoms with van der Waals surface area (Å²) in [5.41, 5.74) is 0.685. The zero-order valence-corrected chi connectivity index (χ0v) is 13.8. The minimum Gasteiger partial charge on any atom is -0.331 e. The highest BCUT2D eigenvalue weighted by Gasteiger charge is 2.33. The van der Waals surface area contributed by atoms with E-state index in [1.54, 1.807) is 29.5 Å². The Hall–Kier alpha value is -0.840. The molecule has 2 aromatic rings. The third-order valence-electron chi connectivity index (χ3n) is 3.32. The second-order valence-electron chi connectivity index (χ2n) is 4.87. The fourth-order valence-corrected chi connectivity index (χ4v) is 3.32. The summed E-state index contributed by atoms with van der Waals surface area (Å²) in [6, 6.07) is 9.83. The maximum Gasteiger partial charge on any atom is 0.254 e. The third kappa shape index (κ3) is 3.08. The SMILES string of the molecule is O=C(c1ccc(Cl)c(Br)c1)N(Cc1cccs1)C1CC1. The van der Waals surface area contributed by atoms with Crippen molar-refractivity contribution in [2.24, 2.45) is 0 Å². The predicted octanol–water partition coefficient (Wildman–Crippen LogP) is 4.97. The Morgan fingerprint density at radius 1 is 1.40 bits per heavy atom. The maximum absolute atomic E-state index is 12.7. The van der Waals surface area contributed by atoms with E-state index in [0.29, 0.717) is 23.2 Å². The summed E-state index contributed by atoms with van der Waals surface area (Å²) in [5, 5.41) is 2.67. The van der Waals surface area contributed by atoms with Gasteiger partial charge in [0.2, 0.25) is 0 Å². The van der Waals surface area contributed by atoms with Gasteiger partial charge in [-0.2, -0.15) is 0 Å². The molecule has 0 aliphatic heterocycles. The molecule has 1 amide bonds. The summed E-state index contributed by atoms with van der Waals surface area (Å²) < 4.78 is 0.761. The largest absolute Gasteiger partial charge is 0.331 e. The first kappa shape index (κ1) is 14.1. The van der Waals surface area contributed by atoms with E-state index in [-0.39, 0.29) is 5.91 Å². The molecule has 0 saturated heterocycles. The average Bonchev–Trinajstić information content (AvgIpc) is 3.15. The molecule has 0 bridgehead atoms. The van der Waals surface area contributed by atoms with Crippen molar-refractivity contribution in [2.45, 2.75) is 25.4 Å². The molecule has 5 heteroatoms. The first-order chi connectivity index (χ1) is 9.65. The fourth-order valence-electron chi connectivity index (χ4n) is 2.12. The monoisotopic (exact) mass is 369 g/mol. The van der Waals surface area contributed by atoms with Crippen molar-refractivity contribution in [3.63, 3.8) is 0 Å². The number of halogens is 2. The lowest BCUT2D eigenvalue weighted by atomic mass is 10.2. The minimum absolute atomic E-state index is 0.0817. The molecule has 1 saturated carbocycles. The van der Waals surface area contributed by atoms with Crippen LogP contribution in [0.4, 0.5) is 0 Å². The molecular formula is C15H13BrClNOS. The van der Waals surface area contributed by atoms with Crippen molar-refractivity contribution < 1.29 is 4.79 Å². The van der Waals surface area contributed by atoms with Crippen LogP contribution in [0.2, 0.25) is 5.02 Å². The Labute approximate surface area is 135 Å². The molecular weight excluding hydrogens is 358 g/mol. The van der Waals surface area contributed by atoms with Crippen LogP contribution in [-0.4, -0.2) is 16.8 Å². The fraction of sp³-hybridized carbons (Fsp3) is 0.267. The van der Waals surface area contributed by atoms with E-state index in [2.05, 4.69) is 22.0 Å². The van der Waals surface area contributed by atoms with Crippen LogP contribution in [0.5, 0.6) is 0 Å². The molecule has 3 rings (SSSR count). The number of rotatable bonds is 4. The van der Waals surface area contributed by atoms with E-state index in [1.807, 2.05) is 16.3 Å². The van der Waals surface area contributed by atoms with Gasteiger partial charge in [-0.3, -0.25) is 4.79 Å². The molecule has 1 aliphatic carbocycles. The number of carbonyl (C=O) groups excluding carboxylic acids is 1. The van der Waals surface area contributed by atoms with Crippen LogP contribution >= 0.6 is 38.9 Å². The molecule has 1 aliphatic rings. The summed E-state index contributed by atoms with van der Waals surface area (Å²) in [5.74, 6) is 0.0817. The number of benzene rings is 1. The number of nitrogens with zero attached hydrogens (tertiary/aromatic N) is 1. The van der Waals surface area contributed by atoms with Crippen molar-refractivity contribution in [3.8, 4) is 0 Å². The van der Waals surface area contributed by atoms with Crippen LogP contribution in [0, 0.1) is 0 Å². The highest BCUT2D eigenvalue weighted by atomic mass is 79.9. The van der Waals surface area contributed by atoms with Gasteiger partial charge in [0.25, 0.3) is 5.91 Å². The summed E-state index contributed by atoms with van der Waals surface area (Å²) >= 11 is 11.1. The lowest BCUT2D eigenvalue weighted by Gasteiger charge is -2.22. The highest BCUT2D eigenvalue weighted by molar-refractivity contribution is 9.10. The number of hydrogen-bond acceptors (Lipinski definition) is 2. The molecule has 2 nitrogen and oxygen atoms in total. The lowest BCUT2D eigenvalue weighted by molar-refractivity contribution is 0.0731. The van der Waals surface area contributed by atoms with Crippen molar-refractivity contribution in [2.75, 3.05) is 0 Å². The molecule has 0 spiro atoms. The van der Waals surface area contributed by atoms with E-state index in [1.165, 1.54) is 4.88 Å². The van der Waals surface area contributed by atoms with Crippen molar-refractivity contribution in [3.05, 3.63) is 55.6 Å². The van der Waals surface area contributed by atoms with Crippen molar-refractivity contribution in [1.29, 1.82) is 0 Å². The summed E-state index contributed by atoms with van der Waals surface area (Å²) in [6.07, 6.45) is 2.21. The smallest absolute Gasteiger partial charge is 0.254 e. The Bertz CT molecular complexity index is 625. The van der Waals surface area contributed by atoms with Crippen LogP contribution in [-0.2, 0) is 6.54 Å². The topological polar surface area (TPSA) is 20.3 Å². The molecule has 1 aromatic carbocycles. The van der Waals surface area contributed by atoms with Crippen LogP contribution < -0.4 is 0 Å². The standard InChI is InChI=1S/C15H13BrClNOS/c16-13-8-10(3-6-14(13)17)15(19)18(11-4-5-11)9-12-2-1-7-20-12/h1-3,6-8,11H,4-5,9H2. The van der Waals surface area contributed by atoms with Gasteiger partial charge in [0, 0.05) is 21.0 Å². The highest BCUT2D eigenvalue weighted by Crippen LogP contribution is 2.31. The predicted molar refractivity (Wildman–Crippen MR) is 86.4 cm³/mol. The van der Waals surface area contributed by atoms with Crippen molar-refractivity contribution >= 4 is 44.8 Å². The molecule has 20 heavy (non-hydrogen) atoms. The zero-order valence-electron chi connectivity index (χ0n) is 10.7. The molecule has 0 unspecified atom stereocenters. The summed E-state index contributed by atoms with van der Waals surface area (Å²) in [7, 11) is 0. The molecule has 1 aromatic heterocycles. The molecule has 104 valence electrons. The van der Waals surface area contributed by atoms with Gasteiger partial charge in [0.1, 0.15) is 0 Å². The van der Waals surface area contributed by atoms with Gasteiger partial charge in [-0.15, -0.1) is 11.3 Å². The van der Waals surface area contributed by atoms with E-state index in [4.69, 9.17) is 11.6 Å². The normalized spacial score (nSPS) is 14.3. The van der Waals surface area contributed by atoms with Crippen molar-refractivity contribution in [1.82, 2.24) is 4.90 Å². The average molecular weight is 371 g/mol. The van der Waals surface area contributed by atoms with Crippen LogP contribution in [0.25, 0.3) is 0 Å². The van der Waals surface area contributed by atoms with Gasteiger partial charge in [-0.25, -0.2) is 0 Å². The second-order valence-corrected chi connectivity index (χ2v) is 7.17. The van der Waals surface area contributed by atoms with Gasteiger partial charge in [0.05, 0.1) is 11.6 Å². The molecule has 0 atom stereocenters. The Kier molecular flexibility index (Phi) is 4.15. The van der Waals surface area contributed by atoms with Crippen LogP contribution in [0.3, 0.4) is 0 Å². The van der Waals surface area contributed by atoms with E-state index < -0.39 is 0 Å². The minimum atomic E-state index is 0.0817. The number of carbonyl (C=O) groups is 1. The lowest BCUT2D eigenvalue weighted by Crippen LogP contribution is -2.32. The van der Waals surface area contributed by atoms with Crippen LogP contribution in [0.15, 0.2) is 40.2 Å². The maximum atomic E-state index is 12.7. The molecule has 0 N–H and O–H groups in total. The van der Waals surface area contributed by atoms with Gasteiger partial charge >= 0.3 is 0 Å². The Morgan fingerprint density at radius 2 is 2.20 bits per heavy atom. The van der Waals surface area contributed by atoms with Gasteiger partial charge in [-0.1, -0.05) is 17.7 Å². The molecule has 1 heterocycles. The zero-order chi connectivity index (χ0) is 14.1. The van der Waals surface area contributed by atoms with Gasteiger partial charge in [-0.05, 0) is 58.4 Å². The van der Waals surface area contributed by atoms with E-state index in [9.17, 15) is 4.79 Å². The number of hydrogen-bond donors (Lipinski definition) is 0. The quantitative estimate of drug-likeness (QED) is 0.744. The first-order valence-electron chi connectivity index (χ1n) is 6.43. The van der Waals surface area contributed by atoms with E-state index in [0.717, 1.165) is 17.3 Å². The molecule has 1 fully saturated rings. The van der Waals surface area contributed by atoms with Crippen LogP contribution in [0.1, 0.15) is 28.1 Å². The Morgan fingerprint density at radius 3 is 2.80 bits per heavy atom. The second kappa shape index (κ2) is 5.88. The number of thiophene rings is 1.